The third kappa shape index (κ3) is 66.2. The third-order valence-electron chi connectivity index (χ3n) is 16.1. The van der Waals surface area contributed by atoms with Crippen molar-refractivity contribution in [2.24, 2.45) is 0 Å². The molecule has 0 saturated heterocycles. The number of carbonyl (C=O) groups excluding carboxylic acids is 3. The van der Waals surface area contributed by atoms with Crippen LogP contribution in [0.25, 0.3) is 0 Å². The van der Waals surface area contributed by atoms with Crippen LogP contribution in [-0.2, 0) is 28.6 Å². The molecule has 0 aliphatic carbocycles. The van der Waals surface area contributed by atoms with Crippen molar-refractivity contribution in [3.05, 3.63) is 48.6 Å². The van der Waals surface area contributed by atoms with Crippen LogP contribution in [0.5, 0.6) is 0 Å². The van der Waals surface area contributed by atoms with Crippen molar-refractivity contribution in [1.29, 1.82) is 0 Å². The van der Waals surface area contributed by atoms with Crippen LogP contribution in [0, 0.1) is 0 Å². The molecule has 0 aromatic heterocycles. The fraction of sp³-hybridized carbons (Fsp3) is 0.851. The number of carbonyl (C=O) groups is 3. The van der Waals surface area contributed by atoms with Crippen molar-refractivity contribution in [2.75, 3.05) is 13.2 Å². The Balaban J connectivity index is 4.18. The monoisotopic (exact) mass is 1120 g/mol. The van der Waals surface area contributed by atoms with Crippen LogP contribution >= 0.6 is 0 Å². The minimum absolute atomic E-state index is 0.0704. The van der Waals surface area contributed by atoms with Gasteiger partial charge in [0, 0.05) is 19.3 Å². The fourth-order valence-electron chi connectivity index (χ4n) is 10.7. The Labute approximate surface area is 498 Å². The van der Waals surface area contributed by atoms with Crippen LogP contribution < -0.4 is 0 Å². The van der Waals surface area contributed by atoms with Gasteiger partial charge in [-0.05, 0) is 83.5 Å². The van der Waals surface area contributed by atoms with Gasteiger partial charge in [-0.25, -0.2) is 0 Å². The molecule has 0 rings (SSSR count). The molecule has 80 heavy (non-hydrogen) atoms. The maximum atomic E-state index is 12.9. The van der Waals surface area contributed by atoms with Gasteiger partial charge in [-0.2, -0.15) is 0 Å². The molecule has 0 N–H and O–H groups in total. The largest absolute Gasteiger partial charge is 0.462 e. The summed E-state index contributed by atoms with van der Waals surface area (Å²) in [6.45, 7) is 6.68. The summed E-state index contributed by atoms with van der Waals surface area (Å²) in [5, 5.41) is 0. The highest BCUT2D eigenvalue weighted by atomic mass is 16.6. The Hall–Kier alpha value is -2.63. The normalized spacial score (nSPS) is 12.3. The van der Waals surface area contributed by atoms with E-state index < -0.39 is 6.10 Å². The molecule has 0 radical (unpaired) electrons. The van der Waals surface area contributed by atoms with Crippen molar-refractivity contribution in [2.45, 2.75) is 393 Å². The summed E-state index contributed by atoms with van der Waals surface area (Å²) in [5.41, 5.74) is 0. The van der Waals surface area contributed by atoms with E-state index in [1.807, 2.05) is 0 Å². The summed E-state index contributed by atoms with van der Waals surface area (Å²) in [6.07, 6.45) is 87.1. The molecule has 468 valence electrons. The first-order valence-electron chi connectivity index (χ1n) is 35.6. The Morgan fingerprint density at radius 1 is 0.250 bits per heavy atom. The van der Waals surface area contributed by atoms with Crippen LogP contribution in [0.3, 0.4) is 0 Å². The zero-order valence-corrected chi connectivity index (χ0v) is 53.9. The summed E-state index contributed by atoms with van der Waals surface area (Å²) in [6, 6.07) is 0. The highest BCUT2D eigenvalue weighted by Crippen LogP contribution is 2.18. The molecule has 1 unspecified atom stereocenters. The van der Waals surface area contributed by atoms with Gasteiger partial charge < -0.3 is 14.2 Å². The van der Waals surface area contributed by atoms with E-state index in [0.29, 0.717) is 19.3 Å². The molecule has 0 saturated carbocycles. The molecule has 0 bridgehead atoms. The first-order valence-corrected chi connectivity index (χ1v) is 35.6. The summed E-state index contributed by atoms with van der Waals surface area (Å²) in [4.78, 5) is 38.4. The van der Waals surface area contributed by atoms with Gasteiger partial charge in [-0.3, -0.25) is 14.4 Å². The molecular weight excluding hydrogens is 985 g/mol. The van der Waals surface area contributed by atoms with E-state index in [9.17, 15) is 14.4 Å². The second-order valence-corrected chi connectivity index (χ2v) is 24.1. The van der Waals surface area contributed by atoms with E-state index in [-0.39, 0.29) is 31.1 Å². The molecule has 0 spiro atoms. The maximum Gasteiger partial charge on any atom is 0.306 e. The van der Waals surface area contributed by atoms with E-state index in [0.717, 1.165) is 77.0 Å². The minimum Gasteiger partial charge on any atom is -0.462 e. The predicted octanol–water partition coefficient (Wildman–Crippen LogP) is 24.5. The third-order valence-corrected chi connectivity index (χ3v) is 16.1. The Bertz CT molecular complexity index is 1380. The SMILES string of the molecule is CCCCCCC/C=C\C/C=C\C/C=C\CCCCCCCCCCCCCCCCCCC(=O)OCC(COC(=O)CCCCCCC/C=C\CCCCCCC)OC(=O)CCCCCCCCCCCCCCCCCCC. The molecular formula is C74H136O6. The summed E-state index contributed by atoms with van der Waals surface area (Å²) < 4.78 is 17.0. The quantitative estimate of drug-likeness (QED) is 0.0261. The van der Waals surface area contributed by atoms with E-state index >= 15 is 0 Å². The average molecular weight is 1120 g/mol. The predicted molar refractivity (Wildman–Crippen MR) is 349 cm³/mol. The zero-order chi connectivity index (χ0) is 57.8. The number of allylic oxidation sites excluding steroid dienone is 8. The van der Waals surface area contributed by atoms with E-state index in [4.69, 9.17) is 14.2 Å². The zero-order valence-electron chi connectivity index (χ0n) is 53.9. The first-order chi connectivity index (χ1) is 39.5. The first kappa shape index (κ1) is 77.4. The van der Waals surface area contributed by atoms with Crippen molar-refractivity contribution in [1.82, 2.24) is 0 Å². The van der Waals surface area contributed by atoms with Crippen LogP contribution in [-0.4, -0.2) is 37.2 Å². The van der Waals surface area contributed by atoms with Gasteiger partial charge in [-0.15, -0.1) is 0 Å². The molecule has 0 fully saturated rings. The molecule has 6 nitrogen and oxygen atoms in total. The van der Waals surface area contributed by atoms with Crippen molar-refractivity contribution in [3.8, 4) is 0 Å². The maximum absolute atomic E-state index is 12.9. The lowest BCUT2D eigenvalue weighted by molar-refractivity contribution is -0.167. The number of unbranched alkanes of at least 4 members (excludes halogenated alkanes) is 47. The van der Waals surface area contributed by atoms with Gasteiger partial charge in [0.15, 0.2) is 6.10 Å². The van der Waals surface area contributed by atoms with Gasteiger partial charge in [0.05, 0.1) is 0 Å². The molecule has 0 heterocycles. The molecule has 0 aliphatic heterocycles. The molecule has 0 aliphatic rings. The molecule has 0 amide bonds. The molecule has 1 atom stereocenters. The lowest BCUT2D eigenvalue weighted by Crippen LogP contribution is -2.30. The van der Waals surface area contributed by atoms with Crippen molar-refractivity contribution < 1.29 is 28.6 Å². The van der Waals surface area contributed by atoms with Gasteiger partial charge >= 0.3 is 17.9 Å². The van der Waals surface area contributed by atoms with Gasteiger partial charge in [0.2, 0.25) is 0 Å². The topological polar surface area (TPSA) is 78.9 Å². The van der Waals surface area contributed by atoms with Gasteiger partial charge in [-0.1, -0.05) is 333 Å². The molecule has 6 heteroatoms. The lowest BCUT2D eigenvalue weighted by atomic mass is 10.0. The number of ether oxygens (including phenoxy) is 3. The Kier molecular flexibility index (Phi) is 66.6. The Morgan fingerprint density at radius 2 is 0.450 bits per heavy atom. The number of hydrogen-bond acceptors (Lipinski definition) is 6. The minimum atomic E-state index is -0.774. The van der Waals surface area contributed by atoms with Crippen LogP contribution in [0.2, 0.25) is 0 Å². The molecule has 0 aromatic carbocycles. The van der Waals surface area contributed by atoms with Crippen LogP contribution in [0.1, 0.15) is 387 Å². The van der Waals surface area contributed by atoms with Gasteiger partial charge in [0.1, 0.15) is 13.2 Å². The highest BCUT2D eigenvalue weighted by Gasteiger charge is 2.19. The lowest BCUT2D eigenvalue weighted by Gasteiger charge is -2.18. The van der Waals surface area contributed by atoms with E-state index in [1.54, 1.807) is 0 Å². The number of esters is 3. The van der Waals surface area contributed by atoms with Crippen molar-refractivity contribution in [3.63, 3.8) is 0 Å². The highest BCUT2D eigenvalue weighted by molar-refractivity contribution is 5.71. The number of rotatable bonds is 66. The van der Waals surface area contributed by atoms with E-state index in [1.165, 1.54) is 270 Å². The summed E-state index contributed by atoms with van der Waals surface area (Å²) in [5.74, 6) is -0.852. The standard InChI is InChI=1S/C74H136O6/c1-4-7-10-13-16-19-22-25-28-30-31-32-33-34-35-36-37-38-39-40-41-42-43-45-46-49-52-55-58-61-64-67-73(76)79-70-71(69-78-72(75)66-63-60-57-54-51-48-27-24-21-18-15-12-9-6-3)80-74(77)68-65-62-59-56-53-50-47-44-29-26-23-20-17-14-11-8-5-2/h22,24-25,27,30-31,33-34,71H,4-21,23,26,28-29,32,35-70H2,1-3H3/b25-22-,27-24-,31-30-,34-33-. The smallest absolute Gasteiger partial charge is 0.306 e. The van der Waals surface area contributed by atoms with Crippen molar-refractivity contribution >= 4 is 17.9 Å². The van der Waals surface area contributed by atoms with Gasteiger partial charge in [0.25, 0.3) is 0 Å². The summed E-state index contributed by atoms with van der Waals surface area (Å²) in [7, 11) is 0. The second kappa shape index (κ2) is 68.9. The van der Waals surface area contributed by atoms with Crippen LogP contribution in [0.15, 0.2) is 48.6 Å². The summed E-state index contributed by atoms with van der Waals surface area (Å²) >= 11 is 0. The molecule has 0 aromatic rings. The second-order valence-electron chi connectivity index (χ2n) is 24.1. The van der Waals surface area contributed by atoms with Crippen LogP contribution in [0.4, 0.5) is 0 Å². The fourth-order valence-corrected chi connectivity index (χ4v) is 10.7. The number of hydrogen-bond donors (Lipinski definition) is 0. The Morgan fingerprint density at radius 3 is 0.713 bits per heavy atom. The van der Waals surface area contributed by atoms with E-state index in [2.05, 4.69) is 69.4 Å². The average Bonchev–Trinajstić information content (AvgIpc) is 3.46.